The van der Waals surface area contributed by atoms with Crippen LogP contribution in [0.25, 0.3) is 17.2 Å². The van der Waals surface area contributed by atoms with Gasteiger partial charge < -0.3 is 5.11 Å². The van der Waals surface area contributed by atoms with Crippen molar-refractivity contribution in [2.75, 3.05) is 0 Å². The van der Waals surface area contributed by atoms with E-state index < -0.39 is 11.4 Å². The topological polar surface area (TPSA) is 37.3 Å². The van der Waals surface area contributed by atoms with E-state index in [1.165, 1.54) is 0 Å². The number of rotatable bonds is 4. The Hall–Kier alpha value is -2.35. The average Bonchev–Trinajstić information content (AvgIpc) is 3.28. The van der Waals surface area contributed by atoms with Crippen molar-refractivity contribution in [3.63, 3.8) is 0 Å². The lowest BCUT2D eigenvalue weighted by atomic mass is 9.97. The first-order valence-corrected chi connectivity index (χ1v) is 6.78. The molecule has 1 N–H and O–H groups in total. The molecule has 0 radical (unpaired) electrons. The first kappa shape index (κ1) is 12.7. The molecule has 1 aliphatic rings. The van der Waals surface area contributed by atoms with Crippen molar-refractivity contribution in [1.29, 1.82) is 0 Å². The fourth-order valence-corrected chi connectivity index (χ4v) is 2.36. The molecule has 0 atom stereocenters. The fraction of sp³-hybridized carbons (Fsp3) is 0.167. The van der Waals surface area contributed by atoms with Gasteiger partial charge in [0.25, 0.3) is 0 Å². The van der Waals surface area contributed by atoms with Crippen LogP contribution in [0, 0.1) is 5.41 Å². The van der Waals surface area contributed by atoms with Gasteiger partial charge in [-0.1, -0.05) is 66.7 Å². The number of carboxylic acids is 1. The summed E-state index contributed by atoms with van der Waals surface area (Å²) < 4.78 is 0. The first-order chi connectivity index (χ1) is 9.71. The van der Waals surface area contributed by atoms with Gasteiger partial charge in [-0.05, 0) is 29.5 Å². The van der Waals surface area contributed by atoms with E-state index in [4.69, 9.17) is 0 Å². The van der Waals surface area contributed by atoms with Gasteiger partial charge in [-0.25, -0.2) is 0 Å². The maximum absolute atomic E-state index is 11.2. The third kappa shape index (κ3) is 2.37. The smallest absolute Gasteiger partial charge is 0.313 e. The Morgan fingerprint density at radius 2 is 1.65 bits per heavy atom. The van der Waals surface area contributed by atoms with Crippen LogP contribution in [0.15, 0.2) is 60.7 Å². The van der Waals surface area contributed by atoms with Crippen LogP contribution in [0.2, 0.25) is 0 Å². The van der Waals surface area contributed by atoms with Gasteiger partial charge >= 0.3 is 5.97 Å². The van der Waals surface area contributed by atoms with Gasteiger partial charge in [0.2, 0.25) is 0 Å². The minimum atomic E-state index is -0.717. The van der Waals surface area contributed by atoms with E-state index in [0.29, 0.717) is 0 Å². The summed E-state index contributed by atoms with van der Waals surface area (Å²) in [5.74, 6) is -0.717. The quantitative estimate of drug-likeness (QED) is 0.897. The van der Waals surface area contributed by atoms with E-state index in [2.05, 4.69) is 18.2 Å². The van der Waals surface area contributed by atoms with Crippen molar-refractivity contribution in [3.05, 3.63) is 66.2 Å². The Balaban J connectivity index is 1.95. The minimum absolute atomic E-state index is 0.621. The number of aliphatic carboxylic acids is 1. The molecule has 0 spiro atoms. The van der Waals surface area contributed by atoms with Crippen molar-refractivity contribution in [2.24, 2.45) is 5.41 Å². The van der Waals surface area contributed by atoms with E-state index >= 15 is 0 Å². The van der Waals surface area contributed by atoms with Gasteiger partial charge in [0.15, 0.2) is 0 Å². The summed E-state index contributed by atoms with van der Waals surface area (Å²) in [4.78, 5) is 11.2. The molecule has 100 valence electrons. The zero-order valence-corrected chi connectivity index (χ0v) is 11.1. The maximum atomic E-state index is 11.2. The molecule has 1 fully saturated rings. The molecule has 2 nitrogen and oxygen atoms in total. The molecule has 0 bridgehead atoms. The number of benzene rings is 2. The van der Waals surface area contributed by atoms with Crippen LogP contribution in [0.3, 0.4) is 0 Å². The van der Waals surface area contributed by atoms with Crippen molar-refractivity contribution >= 4 is 12.0 Å². The summed E-state index contributed by atoms with van der Waals surface area (Å²) in [5.41, 5.74) is 2.72. The Morgan fingerprint density at radius 1 is 1.00 bits per heavy atom. The Kier molecular flexibility index (Phi) is 3.15. The number of hydrogen-bond acceptors (Lipinski definition) is 1. The second-order valence-electron chi connectivity index (χ2n) is 5.25. The van der Waals surface area contributed by atoms with Crippen LogP contribution >= 0.6 is 0 Å². The lowest BCUT2D eigenvalue weighted by molar-refractivity contribution is -0.141. The third-order valence-corrected chi connectivity index (χ3v) is 3.84. The van der Waals surface area contributed by atoms with Gasteiger partial charge in [0.1, 0.15) is 0 Å². The van der Waals surface area contributed by atoms with Crippen LogP contribution in [0.5, 0.6) is 0 Å². The zero-order chi connectivity index (χ0) is 14.0. The first-order valence-electron chi connectivity index (χ1n) is 6.78. The number of carbonyl (C=O) groups is 1. The van der Waals surface area contributed by atoms with Crippen molar-refractivity contribution in [2.45, 2.75) is 12.8 Å². The van der Waals surface area contributed by atoms with Crippen LogP contribution < -0.4 is 0 Å². The van der Waals surface area contributed by atoms with Gasteiger partial charge in [-0.3, -0.25) is 4.79 Å². The standard InChI is InChI=1S/C18H16O2/c19-17(20)18(12-13-18)11-10-15-8-4-5-9-16(15)14-6-2-1-3-7-14/h1-11H,12-13H2,(H,19,20)/b11-10+. The highest BCUT2D eigenvalue weighted by Crippen LogP contribution is 2.47. The molecule has 2 aromatic rings. The van der Waals surface area contributed by atoms with E-state index in [-0.39, 0.29) is 0 Å². The summed E-state index contributed by atoms with van der Waals surface area (Å²) >= 11 is 0. The Morgan fingerprint density at radius 3 is 2.30 bits per heavy atom. The van der Waals surface area contributed by atoms with E-state index in [1.54, 1.807) is 0 Å². The molecule has 0 amide bonds. The SMILES string of the molecule is O=C(O)C1(/C=C/c2ccccc2-c2ccccc2)CC1. The summed E-state index contributed by atoms with van der Waals surface area (Å²) in [6, 6.07) is 18.2. The largest absolute Gasteiger partial charge is 0.481 e. The molecule has 20 heavy (non-hydrogen) atoms. The normalized spacial score (nSPS) is 16.2. The lowest BCUT2D eigenvalue weighted by Crippen LogP contribution is -2.10. The van der Waals surface area contributed by atoms with Crippen molar-refractivity contribution < 1.29 is 9.90 Å². The molecule has 0 aliphatic heterocycles. The second-order valence-corrected chi connectivity index (χ2v) is 5.25. The summed E-state index contributed by atoms with van der Waals surface area (Å²) in [7, 11) is 0. The molecular weight excluding hydrogens is 248 g/mol. The Bertz CT molecular complexity index is 652. The average molecular weight is 264 g/mol. The molecule has 1 saturated carbocycles. The lowest BCUT2D eigenvalue weighted by Gasteiger charge is -2.07. The molecule has 2 aromatic carbocycles. The van der Waals surface area contributed by atoms with E-state index in [0.717, 1.165) is 29.5 Å². The molecule has 0 aromatic heterocycles. The monoisotopic (exact) mass is 264 g/mol. The molecule has 3 rings (SSSR count). The van der Waals surface area contributed by atoms with Crippen molar-refractivity contribution in [1.82, 2.24) is 0 Å². The predicted molar refractivity (Wildman–Crippen MR) is 80.2 cm³/mol. The molecule has 0 unspecified atom stereocenters. The van der Waals surface area contributed by atoms with Gasteiger partial charge in [-0.2, -0.15) is 0 Å². The summed E-state index contributed by atoms with van der Waals surface area (Å²) in [6.07, 6.45) is 5.28. The highest BCUT2D eigenvalue weighted by Gasteiger charge is 2.47. The highest BCUT2D eigenvalue weighted by molar-refractivity contribution is 5.83. The van der Waals surface area contributed by atoms with Gasteiger partial charge in [0, 0.05) is 0 Å². The fourth-order valence-electron chi connectivity index (χ4n) is 2.36. The molecular formula is C18H16O2. The summed E-state index contributed by atoms with van der Waals surface area (Å²) in [5, 5.41) is 9.22. The molecule has 1 aliphatic carbocycles. The number of hydrogen-bond donors (Lipinski definition) is 1. The van der Waals surface area contributed by atoms with Crippen LogP contribution in [0.1, 0.15) is 18.4 Å². The highest BCUT2D eigenvalue weighted by atomic mass is 16.4. The van der Waals surface area contributed by atoms with Crippen LogP contribution in [-0.2, 0) is 4.79 Å². The minimum Gasteiger partial charge on any atom is -0.481 e. The van der Waals surface area contributed by atoms with Gasteiger partial charge in [0.05, 0.1) is 5.41 Å². The van der Waals surface area contributed by atoms with Crippen LogP contribution in [0.4, 0.5) is 0 Å². The molecule has 0 heterocycles. The summed E-state index contributed by atoms with van der Waals surface area (Å²) in [6.45, 7) is 0. The molecule has 0 saturated heterocycles. The Labute approximate surface area is 118 Å². The third-order valence-electron chi connectivity index (χ3n) is 3.84. The predicted octanol–water partition coefficient (Wildman–Crippen LogP) is 4.23. The van der Waals surface area contributed by atoms with Crippen LogP contribution in [-0.4, -0.2) is 11.1 Å². The van der Waals surface area contributed by atoms with E-state index in [1.807, 2.05) is 48.6 Å². The number of carboxylic acid groups (broad SMARTS) is 1. The second kappa shape index (κ2) is 4.97. The molecule has 2 heteroatoms. The zero-order valence-electron chi connectivity index (χ0n) is 11.1. The van der Waals surface area contributed by atoms with Crippen molar-refractivity contribution in [3.8, 4) is 11.1 Å². The maximum Gasteiger partial charge on any atom is 0.313 e. The van der Waals surface area contributed by atoms with E-state index in [9.17, 15) is 9.90 Å². The van der Waals surface area contributed by atoms with Gasteiger partial charge in [-0.15, -0.1) is 0 Å².